The lowest BCUT2D eigenvalue weighted by atomic mass is 10.1. The Morgan fingerprint density at radius 3 is 2.67 bits per heavy atom. The smallest absolute Gasteiger partial charge is 0.257 e. The lowest BCUT2D eigenvalue weighted by molar-refractivity contribution is -0.127. The van der Waals surface area contributed by atoms with E-state index >= 15 is 0 Å². The number of amides is 1. The van der Waals surface area contributed by atoms with Gasteiger partial charge in [-0.15, -0.1) is 0 Å². The van der Waals surface area contributed by atoms with Gasteiger partial charge in [-0.3, -0.25) is 4.79 Å². The van der Waals surface area contributed by atoms with Crippen molar-refractivity contribution in [1.29, 1.82) is 0 Å². The SMILES string of the molecule is Cc1cccc(CCN2CC(c3noc(-c4cccc(C)c4)n3)CC2=O)c1. The second kappa shape index (κ2) is 7.35. The Morgan fingerprint density at radius 1 is 1.11 bits per heavy atom. The maximum Gasteiger partial charge on any atom is 0.257 e. The van der Waals surface area contributed by atoms with Gasteiger partial charge >= 0.3 is 0 Å². The minimum atomic E-state index is -0.00248. The fourth-order valence-electron chi connectivity index (χ4n) is 3.59. The summed E-state index contributed by atoms with van der Waals surface area (Å²) in [7, 11) is 0. The van der Waals surface area contributed by atoms with Gasteiger partial charge in [0, 0.05) is 31.0 Å². The van der Waals surface area contributed by atoms with Gasteiger partial charge in [0.25, 0.3) is 5.89 Å². The van der Waals surface area contributed by atoms with Gasteiger partial charge in [-0.05, 0) is 38.0 Å². The van der Waals surface area contributed by atoms with Crippen molar-refractivity contribution in [2.45, 2.75) is 32.6 Å². The van der Waals surface area contributed by atoms with Crippen LogP contribution in [-0.2, 0) is 11.2 Å². The predicted octanol–water partition coefficient (Wildman–Crippen LogP) is 3.91. The quantitative estimate of drug-likeness (QED) is 0.691. The van der Waals surface area contributed by atoms with Crippen LogP contribution >= 0.6 is 0 Å². The molecule has 0 radical (unpaired) electrons. The van der Waals surface area contributed by atoms with E-state index in [4.69, 9.17) is 4.52 Å². The number of likely N-dealkylation sites (tertiary alicyclic amines) is 1. The first-order valence-corrected chi connectivity index (χ1v) is 9.32. The Bertz CT molecular complexity index is 963. The maximum atomic E-state index is 12.4. The zero-order valence-electron chi connectivity index (χ0n) is 15.7. The zero-order chi connectivity index (χ0) is 18.8. The summed E-state index contributed by atoms with van der Waals surface area (Å²) in [6, 6.07) is 16.4. The molecule has 27 heavy (non-hydrogen) atoms. The van der Waals surface area contributed by atoms with Gasteiger partial charge in [0.15, 0.2) is 5.82 Å². The zero-order valence-corrected chi connectivity index (χ0v) is 15.7. The molecule has 5 heteroatoms. The van der Waals surface area contributed by atoms with Crippen molar-refractivity contribution in [2.75, 3.05) is 13.1 Å². The monoisotopic (exact) mass is 361 g/mol. The Balaban J connectivity index is 1.42. The van der Waals surface area contributed by atoms with Crippen LogP contribution in [0.4, 0.5) is 0 Å². The molecule has 1 fully saturated rings. The van der Waals surface area contributed by atoms with E-state index in [1.165, 1.54) is 11.1 Å². The molecule has 1 aromatic heterocycles. The summed E-state index contributed by atoms with van der Waals surface area (Å²) in [5.41, 5.74) is 4.56. The number of rotatable bonds is 5. The van der Waals surface area contributed by atoms with Crippen LogP contribution in [0.15, 0.2) is 53.1 Å². The van der Waals surface area contributed by atoms with Crippen LogP contribution in [0.1, 0.15) is 34.9 Å². The third kappa shape index (κ3) is 3.92. The molecule has 0 spiro atoms. The van der Waals surface area contributed by atoms with Crippen LogP contribution in [0.2, 0.25) is 0 Å². The van der Waals surface area contributed by atoms with Gasteiger partial charge in [-0.2, -0.15) is 4.98 Å². The summed E-state index contributed by atoms with van der Waals surface area (Å²) in [5, 5.41) is 4.14. The standard InChI is InChI=1S/C22H23N3O2/c1-15-5-3-7-17(11-15)9-10-25-14-19(13-20(25)26)21-23-22(27-24-21)18-8-4-6-16(2)12-18/h3-8,11-12,19H,9-10,13-14H2,1-2H3. The number of aryl methyl sites for hydroxylation is 2. The molecule has 1 amide bonds. The largest absolute Gasteiger partial charge is 0.342 e. The predicted molar refractivity (Wildman–Crippen MR) is 103 cm³/mol. The fraction of sp³-hybridized carbons (Fsp3) is 0.318. The summed E-state index contributed by atoms with van der Waals surface area (Å²) in [6.07, 6.45) is 1.31. The van der Waals surface area contributed by atoms with Crippen molar-refractivity contribution in [3.05, 3.63) is 71.0 Å². The van der Waals surface area contributed by atoms with Crippen molar-refractivity contribution >= 4 is 5.91 Å². The van der Waals surface area contributed by atoms with Crippen molar-refractivity contribution in [1.82, 2.24) is 15.0 Å². The van der Waals surface area contributed by atoms with Crippen LogP contribution in [0, 0.1) is 13.8 Å². The average Bonchev–Trinajstić information content (AvgIpc) is 3.27. The third-order valence-electron chi connectivity index (χ3n) is 5.04. The Labute approximate surface area is 159 Å². The highest BCUT2D eigenvalue weighted by Gasteiger charge is 2.33. The van der Waals surface area contributed by atoms with Crippen molar-refractivity contribution in [3.63, 3.8) is 0 Å². The van der Waals surface area contributed by atoms with Crippen LogP contribution < -0.4 is 0 Å². The molecule has 3 aromatic rings. The molecule has 5 nitrogen and oxygen atoms in total. The average molecular weight is 361 g/mol. The highest BCUT2D eigenvalue weighted by molar-refractivity contribution is 5.79. The van der Waals surface area contributed by atoms with E-state index in [1.807, 2.05) is 36.1 Å². The molecular formula is C22H23N3O2. The number of nitrogens with zero attached hydrogens (tertiary/aromatic N) is 3. The van der Waals surface area contributed by atoms with Gasteiger partial charge in [0.2, 0.25) is 5.91 Å². The van der Waals surface area contributed by atoms with Gasteiger partial charge in [0.1, 0.15) is 0 Å². The molecule has 2 aromatic carbocycles. The lowest BCUT2D eigenvalue weighted by Gasteiger charge is -2.16. The minimum Gasteiger partial charge on any atom is -0.342 e. The van der Waals surface area contributed by atoms with Gasteiger partial charge in [0.05, 0.1) is 0 Å². The van der Waals surface area contributed by atoms with Gasteiger partial charge in [-0.25, -0.2) is 0 Å². The molecule has 1 saturated heterocycles. The molecule has 1 atom stereocenters. The Morgan fingerprint density at radius 2 is 1.89 bits per heavy atom. The van der Waals surface area contributed by atoms with Crippen LogP contribution in [0.3, 0.4) is 0 Å². The van der Waals surface area contributed by atoms with E-state index in [-0.39, 0.29) is 11.8 Å². The van der Waals surface area contributed by atoms with Crippen LogP contribution in [0.5, 0.6) is 0 Å². The molecule has 1 unspecified atom stereocenters. The number of carbonyl (C=O) groups is 1. The number of hydrogen-bond donors (Lipinski definition) is 0. The van der Waals surface area contributed by atoms with Crippen LogP contribution in [0.25, 0.3) is 11.5 Å². The molecule has 2 heterocycles. The molecule has 4 rings (SSSR count). The topological polar surface area (TPSA) is 59.2 Å². The van der Waals surface area contributed by atoms with Crippen LogP contribution in [-0.4, -0.2) is 34.0 Å². The lowest BCUT2D eigenvalue weighted by Crippen LogP contribution is -2.27. The van der Waals surface area contributed by atoms with E-state index in [0.717, 1.165) is 24.1 Å². The first-order valence-electron chi connectivity index (χ1n) is 9.32. The van der Waals surface area contributed by atoms with E-state index in [2.05, 4.69) is 41.3 Å². The summed E-state index contributed by atoms with van der Waals surface area (Å²) in [4.78, 5) is 18.9. The summed E-state index contributed by atoms with van der Waals surface area (Å²) in [5.74, 6) is 1.30. The fourth-order valence-corrected chi connectivity index (χ4v) is 3.59. The minimum absolute atomic E-state index is 0.00248. The molecular weight excluding hydrogens is 338 g/mol. The third-order valence-corrected chi connectivity index (χ3v) is 5.04. The first kappa shape index (κ1) is 17.5. The number of aromatic nitrogens is 2. The molecule has 0 bridgehead atoms. The van der Waals surface area contributed by atoms with Crippen molar-refractivity contribution < 1.29 is 9.32 Å². The maximum absolute atomic E-state index is 12.4. The van der Waals surface area contributed by atoms with E-state index in [0.29, 0.717) is 24.7 Å². The van der Waals surface area contributed by atoms with E-state index < -0.39 is 0 Å². The summed E-state index contributed by atoms with van der Waals surface area (Å²) in [6.45, 7) is 5.49. The number of hydrogen-bond acceptors (Lipinski definition) is 4. The highest BCUT2D eigenvalue weighted by Crippen LogP contribution is 2.28. The summed E-state index contributed by atoms with van der Waals surface area (Å²) < 4.78 is 5.44. The van der Waals surface area contributed by atoms with E-state index in [9.17, 15) is 4.79 Å². The van der Waals surface area contributed by atoms with Crippen molar-refractivity contribution in [3.8, 4) is 11.5 Å². The Kier molecular flexibility index (Phi) is 4.75. The molecule has 0 saturated carbocycles. The second-order valence-corrected chi connectivity index (χ2v) is 7.31. The molecule has 1 aliphatic rings. The molecule has 1 aliphatic heterocycles. The Hall–Kier alpha value is -2.95. The van der Waals surface area contributed by atoms with Gasteiger partial charge < -0.3 is 9.42 Å². The number of carbonyl (C=O) groups excluding carboxylic acids is 1. The molecule has 0 aliphatic carbocycles. The summed E-state index contributed by atoms with van der Waals surface area (Å²) >= 11 is 0. The first-order chi connectivity index (χ1) is 13.1. The van der Waals surface area contributed by atoms with Gasteiger partial charge in [-0.1, -0.05) is 52.7 Å². The highest BCUT2D eigenvalue weighted by atomic mass is 16.5. The van der Waals surface area contributed by atoms with E-state index in [1.54, 1.807) is 0 Å². The second-order valence-electron chi connectivity index (χ2n) is 7.31. The normalized spacial score (nSPS) is 16.9. The molecule has 0 N–H and O–H groups in total. The number of benzene rings is 2. The van der Waals surface area contributed by atoms with Crippen molar-refractivity contribution in [2.24, 2.45) is 0 Å². The molecule has 138 valence electrons.